The van der Waals surface area contributed by atoms with Crippen LogP contribution in [0.1, 0.15) is 51.9 Å². The van der Waals surface area contributed by atoms with Crippen LogP contribution in [0.5, 0.6) is 5.75 Å². The maximum absolute atomic E-state index is 6.00. The molecular formula is C18H29NO. The topological polar surface area (TPSA) is 21.3 Å². The molecule has 0 bridgehead atoms. The minimum absolute atomic E-state index is 0.508. The molecule has 0 aliphatic heterocycles. The summed E-state index contributed by atoms with van der Waals surface area (Å²) in [5.41, 5.74) is 0. The van der Waals surface area contributed by atoms with Crippen molar-refractivity contribution in [3.05, 3.63) is 30.3 Å². The lowest BCUT2D eigenvalue weighted by Gasteiger charge is -2.27. The van der Waals surface area contributed by atoms with Crippen molar-refractivity contribution < 1.29 is 4.74 Å². The molecule has 112 valence electrons. The Hall–Kier alpha value is -1.02. The maximum Gasteiger partial charge on any atom is 0.119 e. The van der Waals surface area contributed by atoms with Gasteiger partial charge in [0.05, 0.1) is 0 Å². The van der Waals surface area contributed by atoms with Crippen LogP contribution in [-0.4, -0.2) is 19.2 Å². The Morgan fingerprint density at radius 3 is 2.45 bits per heavy atom. The first-order valence-electron chi connectivity index (χ1n) is 8.31. The third-order valence-electron chi connectivity index (χ3n) is 4.30. The Balaban J connectivity index is 1.88. The number of hydrogen-bond acceptors (Lipinski definition) is 2. The van der Waals surface area contributed by atoms with Gasteiger partial charge in [-0.25, -0.2) is 0 Å². The molecule has 1 atom stereocenters. The molecule has 0 heterocycles. The van der Waals surface area contributed by atoms with E-state index in [-0.39, 0.29) is 0 Å². The second-order valence-corrected chi connectivity index (χ2v) is 5.94. The minimum Gasteiger partial charge on any atom is -0.492 e. The maximum atomic E-state index is 6.00. The molecule has 1 aliphatic rings. The Kier molecular flexibility index (Phi) is 6.93. The molecule has 1 unspecified atom stereocenters. The van der Waals surface area contributed by atoms with Crippen molar-refractivity contribution in [2.24, 2.45) is 5.92 Å². The van der Waals surface area contributed by atoms with Gasteiger partial charge in [-0.3, -0.25) is 0 Å². The number of nitrogens with one attached hydrogen (secondary N) is 1. The van der Waals surface area contributed by atoms with Crippen LogP contribution in [0, 0.1) is 5.92 Å². The van der Waals surface area contributed by atoms with E-state index in [0.29, 0.717) is 6.04 Å². The van der Waals surface area contributed by atoms with Gasteiger partial charge in [0.15, 0.2) is 0 Å². The Morgan fingerprint density at radius 2 is 1.80 bits per heavy atom. The van der Waals surface area contributed by atoms with Gasteiger partial charge in [-0.1, -0.05) is 50.8 Å². The molecule has 0 radical (unpaired) electrons. The van der Waals surface area contributed by atoms with Gasteiger partial charge >= 0.3 is 0 Å². The summed E-state index contributed by atoms with van der Waals surface area (Å²) in [6, 6.07) is 10.7. The molecule has 0 amide bonds. The number of rotatable bonds is 7. The molecule has 1 aliphatic carbocycles. The van der Waals surface area contributed by atoms with Crippen molar-refractivity contribution in [3.8, 4) is 5.75 Å². The number of benzene rings is 1. The fraction of sp³-hybridized carbons (Fsp3) is 0.667. The van der Waals surface area contributed by atoms with Crippen LogP contribution in [0.2, 0.25) is 0 Å². The van der Waals surface area contributed by atoms with Gasteiger partial charge in [-0.05, 0) is 43.9 Å². The van der Waals surface area contributed by atoms with Gasteiger partial charge in [0.2, 0.25) is 0 Å². The molecule has 0 spiro atoms. The van der Waals surface area contributed by atoms with E-state index in [0.717, 1.165) is 24.8 Å². The number of ether oxygens (including phenoxy) is 1. The summed E-state index contributed by atoms with van der Waals surface area (Å²) in [4.78, 5) is 0. The summed E-state index contributed by atoms with van der Waals surface area (Å²) in [5, 5.41) is 3.71. The monoisotopic (exact) mass is 275 g/mol. The first-order chi connectivity index (χ1) is 9.90. The predicted octanol–water partition coefficient (Wildman–Crippen LogP) is 4.40. The normalized spacial score (nSPS) is 18.4. The number of hydrogen-bond donors (Lipinski definition) is 1. The Labute approximate surface area is 123 Å². The molecule has 2 heteroatoms. The minimum atomic E-state index is 0.508. The molecule has 2 nitrogen and oxygen atoms in total. The molecule has 0 aromatic heterocycles. The number of para-hydroxylation sites is 1. The zero-order valence-electron chi connectivity index (χ0n) is 12.8. The van der Waals surface area contributed by atoms with Crippen LogP contribution in [0.15, 0.2) is 30.3 Å². The lowest BCUT2D eigenvalue weighted by molar-refractivity contribution is 0.204. The molecule has 20 heavy (non-hydrogen) atoms. The van der Waals surface area contributed by atoms with Crippen molar-refractivity contribution >= 4 is 0 Å². The predicted molar refractivity (Wildman–Crippen MR) is 85.2 cm³/mol. The van der Waals surface area contributed by atoms with Crippen molar-refractivity contribution in [1.29, 1.82) is 0 Å². The molecule has 0 saturated heterocycles. The first-order valence-corrected chi connectivity index (χ1v) is 8.31. The largest absolute Gasteiger partial charge is 0.492 e. The van der Waals surface area contributed by atoms with E-state index in [1.165, 1.54) is 44.9 Å². The molecule has 1 aromatic carbocycles. The zero-order chi connectivity index (χ0) is 14.0. The third kappa shape index (κ3) is 5.16. The van der Waals surface area contributed by atoms with Crippen LogP contribution in [-0.2, 0) is 0 Å². The molecule has 1 fully saturated rings. The van der Waals surface area contributed by atoms with E-state index in [2.05, 4.69) is 12.2 Å². The molecule has 1 N–H and O–H groups in total. The van der Waals surface area contributed by atoms with Crippen LogP contribution >= 0.6 is 0 Å². The van der Waals surface area contributed by atoms with E-state index < -0.39 is 0 Å². The summed E-state index contributed by atoms with van der Waals surface area (Å²) in [7, 11) is 0. The van der Waals surface area contributed by atoms with Crippen LogP contribution in [0.3, 0.4) is 0 Å². The molecule has 1 aromatic rings. The quantitative estimate of drug-likeness (QED) is 0.745. The lowest BCUT2D eigenvalue weighted by Crippen LogP contribution is -2.41. The Bertz CT molecular complexity index is 344. The van der Waals surface area contributed by atoms with Crippen LogP contribution in [0.25, 0.3) is 0 Å². The van der Waals surface area contributed by atoms with Gasteiger partial charge in [-0.15, -0.1) is 0 Å². The highest BCUT2D eigenvalue weighted by Gasteiger charge is 2.22. The van der Waals surface area contributed by atoms with E-state index in [9.17, 15) is 0 Å². The standard InChI is InChI=1S/C18H29NO/c1-2-14-19-18(16-10-6-3-4-7-11-16)15-20-17-12-8-5-9-13-17/h5,8-9,12-13,16,18-19H,2-4,6-7,10-11,14-15H2,1H3. The van der Waals surface area contributed by atoms with Crippen LogP contribution in [0.4, 0.5) is 0 Å². The zero-order valence-corrected chi connectivity index (χ0v) is 12.8. The highest BCUT2D eigenvalue weighted by molar-refractivity contribution is 5.20. The van der Waals surface area contributed by atoms with E-state index in [1.54, 1.807) is 0 Å². The molecular weight excluding hydrogens is 246 g/mol. The SMILES string of the molecule is CCCNC(COc1ccccc1)C1CCCCCC1. The average Bonchev–Trinajstić information content (AvgIpc) is 2.78. The summed E-state index contributed by atoms with van der Waals surface area (Å²) in [6.45, 7) is 4.13. The van der Waals surface area contributed by atoms with E-state index >= 15 is 0 Å². The van der Waals surface area contributed by atoms with Gasteiger partial charge in [0.25, 0.3) is 0 Å². The summed E-state index contributed by atoms with van der Waals surface area (Å²) < 4.78 is 6.00. The van der Waals surface area contributed by atoms with Crippen molar-refractivity contribution in [2.45, 2.75) is 57.9 Å². The summed E-state index contributed by atoms with van der Waals surface area (Å²) in [6.07, 6.45) is 9.52. The fourth-order valence-corrected chi connectivity index (χ4v) is 3.11. The highest BCUT2D eigenvalue weighted by Crippen LogP contribution is 2.26. The van der Waals surface area contributed by atoms with E-state index in [1.807, 2.05) is 30.3 Å². The van der Waals surface area contributed by atoms with Gasteiger partial charge in [0.1, 0.15) is 12.4 Å². The lowest BCUT2D eigenvalue weighted by atomic mass is 9.92. The highest BCUT2D eigenvalue weighted by atomic mass is 16.5. The molecule has 1 saturated carbocycles. The van der Waals surface area contributed by atoms with Gasteiger partial charge in [0, 0.05) is 6.04 Å². The fourth-order valence-electron chi connectivity index (χ4n) is 3.11. The first kappa shape index (κ1) is 15.4. The van der Waals surface area contributed by atoms with Crippen molar-refractivity contribution in [2.75, 3.05) is 13.2 Å². The van der Waals surface area contributed by atoms with Crippen molar-refractivity contribution in [3.63, 3.8) is 0 Å². The Morgan fingerprint density at radius 1 is 1.10 bits per heavy atom. The van der Waals surface area contributed by atoms with Crippen molar-refractivity contribution in [1.82, 2.24) is 5.32 Å². The molecule has 2 rings (SSSR count). The van der Waals surface area contributed by atoms with E-state index in [4.69, 9.17) is 4.74 Å². The van der Waals surface area contributed by atoms with Crippen LogP contribution < -0.4 is 10.1 Å². The average molecular weight is 275 g/mol. The smallest absolute Gasteiger partial charge is 0.119 e. The second kappa shape index (κ2) is 9.02. The van der Waals surface area contributed by atoms with Gasteiger partial charge in [-0.2, -0.15) is 0 Å². The summed E-state index contributed by atoms with van der Waals surface area (Å²) >= 11 is 0. The van der Waals surface area contributed by atoms with Gasteiger partial charge < -0.3 is 10.1 Å². The third-order valence-corrected chi connectivity index (χ3v) is 4.30. The second-order valence-electron chi connectivity index (χ2n) is 5.94. The summed E-state index contributed by atoms with van der Waals surface area (Å²) in [5.74, 6) is 1.78.